The minimum atomic E-state index is 0. The molecule has 4 aromatic rings. The van der Waals surface area contributed by atoms with Gasteiger partial charge in [0.05, 0.1) is 23.8 Å². The molecule has 2 atom stereocenters. The predicted molar refractivity (Wildman–Crippen MR) is 192 cm³/mol. The molecule has 0 aromatic carbocycles. The van der Waals surface area contributed by atoms with E-state index in [9.17, 15) is 9.59 Å². The first-order chi connectivity index (χ1) is 23.3. The van der Waals surface area contributed by atoms with Crippen LogP contribution in [0.5, 0.6) is 0 Å². The molecule has 4 aromatic heterocycles. The molecule has 0 aliphatic carbocycles. The minimum Gasteiger partial charge on any atom is -0.339 e. The lowest BCUT2D eigenvalue weighted by Crippen LogP contribution is -2.40. The molecule has 2 saturated heterocycles. The molecule has 6 rings (SSSR count). The number of nitrogens with zero attached hydrogens (tertiary/aromatic N) is 12. The van der Waals surface area contributed by atoms with Crippen LogP contribution in [0.3, 0.4) is 0 Å². The Morgan fingerprint density at radius 2 is 1.14 bits per heavy atom. The number of likely N-dealkylation sites (tertiary alicyclic amines) is 2. The highest BCUT2D eigenvalue weighted by Gasteiger charge is 2.24. The topological polar surface area (TPSA) is 190 Å². The van der Waals surface area contributed by atoms with Gasteiger partial charge in [0, 0.05) is 115 Å². The molecule has 0 saturated carbocycles. The Hall–Kier alpha value is -4.96. The van der Waals surface area contributed by atoms with E-state index in [1.54, 1.807) is 33.9 Å². The molecule has 0 bridgehead atoms. The Labute approximate surface area is 294 Å². The summed E-state index contributed by atoms with van der Waals surface area (Å²) < 4.78 is 7.09. The smallest absolute Gasteiger partial charge is 0.246 e. The van der Waals surface area contributed by atoms with Crippen molar-refractivity contribution in [1.82, 2.24) is 59.3 Å². The molecule has 6 heterocycles. The molecule has 2 aliphatic rings. The van der Waals surface area contributed by atoms with Crippen molar-refractivity contribution < 1.29 is 9.59 Å². The molecule has 272 valence electrons. The SMILES string of the molecule is C.C.Cn1cc(/C=C/C(=O)N2CCCC(Cn3cc(CN)nn3)C2)cn1.Cn1cc(/C=C/C(=O)N2CCC[C@@H](Cn3cc(CN)nn3)C2)cn1. The van der Waals surface area contributed by atoms with Crippen LogP contribution in [0, 0.1) is 11.8 Å². The molecule has 1 unspecified atom stereocenters. The third-order valence-corrected chi connectivity index (χ3v) is 8.43. The first-order valence-electron chi connectivity index (χ1n) is 16.4. The average Bonchev–Trinajstić information content (AvgIpc) is 3.92. The van der Waals surface area contributed by atoms with Crippen molar-refractivity contribution >= 4 is 24.0 Å². The van der Waals surface area contributed by atoms with Crippen molar-refractivity contribution in [3.63, 3.8) is 0 Å². The second kappa shape index (κ2) is 19.3. The summed E-state index contributed by atoms with van der Waals surface area (Å²) in [6.07, 6.45) is 22.1. The fourth-order valence-corrected chi connectivity index (χ4v) is 6.00. The number of nitrogens with two attached hydrogens (primary N) is 2. The summed E-state index contributed by atoms with van der Waals surface area (Å²) >= 11 is 0. The van der Waals surface area contributed by atoms with Crippen LogP contribution in [-0.2, 0) is 49.9 Å². The van der Waals surface area contributed by atoms with Gasteiger partial charge in [-0.25, -0.2) is 0 Å². The van der Waals surface area contributed by atoms with Crippen LogP contribution >= 0.6 is 0 Å². The quantitative estimate of drug-likeness (QED) is 0.233. The fraction of sp³-hybridized carbons (Fsp3) is 0.529. The zero-order valence-corrected chi connectivity index (χ0v) is 27.8. The number of piperidine rings is 2. The van der Waals surface area contributed by atoms with E-state index in [1.807, 2.05) is 70.2 Å². The maximum absolute atomic E-state index is 12.4. The van der Waals surface area contributed by atoms with Gasteiger partial charge in [-0.3, -0.25) is 28.3 Å². The lowest BCUT2D eigenvalue weighted by atomic mass is 9.98. The number of amides is 2. The summed E-state index contributed by atoms with van der Waals surface area (Å²) in [5.41, 5.74) is 14.6. The normalized spacial score (nSPS) is 17.7. The zero-order valence-electron chi connectivity index (χ0n) is 27.8. The molecule has 16 nitrogen and oxygen atoms in total. The first-order valence-corrected chi connectivity index (χ1v) is 16.4. The van der Waals surface area contributed by atoms with E-state index >= 15 is 0 Å². The van der Waals surface area contributed by atoms with E-state index in [0.717, 1.165) is 87.5 Å². The molecule has 2 amide bonds. The summed E-state index contributed by atoms with van der Waals surface area (Å²) in [5, 5.41) is 24.4. The summed E-state index contributed by atoms with van der Waals surface area (Å²) in [4.78, 5) is 28.6. The van der Waals surface area contributed by atoms with Crippen LogP contribution < -0.4 is 11.5 Å². The van der Waals surface area contributed by atoms with Gasteiger partial charge in [-0.05, 0) is 49.7 Å². The molecule has 0 radical (unpaired) electrons. The standard InChI is InChI=1S/2C16H23N7O.2CH4/c2*1-21-9-13(8-18-21)4-5-16(24)22-6-2-3-14(10-22)11-23-12-15(7-17)19-20-23;;/h2*4-5,8-9,12,14H,2-3,6-7,10-11,17H2,1H3;2*1H4/b2*5-4+;;/t14-;;;/m1.../s1. The number of hydrogen-bond acceptors (Lipinski definition) is 10. The van der Waals surface area contributed by atoms with Crippen molar-refractivity contribution in [3.05, 3.63) is 71.8 Å². The van der Waals surface area contributed by atoms with Crippen LogP contribution in [0.1, 0.15) is 63.1 Å². The Balaban J connectivity index is 0.000000260. The maximum Gasteiger partial charge on any atom is 0.246 e. The highest BCUT2D eigenvalue weighted by molar-refractivity contribution is 5.92. The lowest BCUT2D eigenvalue weighted by Gasteiger charge is -2.32. The molecule has 16 heteroatoms. The van der Waals surface area contributed by atoms with Crippen molar-refractivity contribution in [2.45, 2.75) is 66.7 Å². The van der Waals surface area contributed by atoms with Gasteiger partial charge in [-0.2, -0.15) is 10.2 Å². The van der Waals surface area contributed by atoms with E-state index in [1.165, 1.54) is 0 Å². The zero-order chi connectivity index (χ0) is 33.9. The largest absolute Gasteiger partial charge is 0.339 e. The third-order valence-electron chi connectivity index (χ3n) is 8.43. The summed E-state index contributed by atoms with van der Waals surface area (Å²) in [6, 6.07) is 0. The number of hydrogen-bond donors (Lipinski definition) is 2. The number of rotatable bonds is 10. The molecule has 2 aliphatic heterocycles. The van der Waals surface area contributed by atoms with E-state index in [-0.39, 0.29) is 26.7 Å². The Morgan fingerprint density at radius 1 is 0.720 bits per heavy atom. The Kier molecular flexibility index (Phi) is 15.2. The van der Waals surface area contributed by atoms with E-state index < -0.39 is 0 Å². The summed E-state index contributed by atoms with van der Waals surface area (Å²) in [6.45, 7) is 5.42. The van der Waals surface area contributed by atoms with Crippen LogP contribution in [0.2, 0.25) is 0 Å². The highest BCUT2D eigenvalue weighted by atomic mass is 16.2. The van der Waals surface area contributed by atoms with E-state index in [2.05, 4.69) is 30.8 Å². The fourth-order valence-electron chi connectivity index (χ4n) is 6.00. The van der Waals surface area contributed by atoms with E-state index in [0.29, 0.717) is 24.9 Å². The second-order valence-electron chi connectivity index (χ2n) is 12.4. The number of aryl methyl sites for hydroxylation is 2. The monoisotopic (exact) mass is 690 g/mol. The van der Waals surface area contributed by atoms with Gasteiger partial charge in [-0.15, -0.1) is 10.2 Å². The van der Waals surface area contributed by atoms with Crippen LogP contribution in [0.4, 0.5) is 0 Å². The van der Waals surface area contributed by atoms with Crippen molar-refractivity contribution in [2.24, 2.45) is 37.4 Å². The lowest BCUT2D eigenvalue weighted by molar-refractivity contribution is -0.128. The van der Waals surface area contributed by atoms with E-state index in [4.69, 9.17) is 11.5 Å². The van der Waals surface area contributed by atoms with Gasteiger partial charge in [-0.1, -0.05) is 25.3 Å². The molecule has 4 N–H and O–H groups in total. The van der Waals surface area contributed by atoms with Gasteiger partial charge in [0.2, 0.25) is 11.8 Å². The van der Waals surface area contributed by atoms with Crippen molar-refractivity contribution in [2.75, 3.05) is 26.2 Å². The molecule has 0 spiro atoms. The molecule has 2 fully saturated rings. The van der Waals surface area contributed by atoms with Crippen molar-refractivity contribution in [3.8, 4) is 0 Å². The van der Waals surface area contributed by atoms with Crippen LogP contribution in [0.25, 0.3) is 12.2 Å². The van der Waals surface area contributed by atoms with Gasteiger partial charge in [0.25, 0.3) is 0 Å². The predicted octanol–water partition coefficient (Wildman–Crippen LogP) is 2.12. The number of aromatic nitrogens is 10. The second-order valence-corrected chi connectivity index (χ2v) is 12.4. The van der Waals surface area contributed by atoms with Crippen LogP contribution in [0.15, 0.2) is 49.3 Å². The first kappa shape index (κ1) is 39.5. The average molecular weight is 691 g/mol. The maximum atomic E-state index is 12.4. The molecular formula is C34H54N14O2. The number of carbonyl (C=O) groups is 2. The molecule has 50 heavy (non-hydrogen) atoms. The number of carbonyl (C=O) groups excluding carboxylic acids is 2. The Bertz CT molecular complexity index is 1560. The minimum absolute atomic E-state index is 0. The highest BCUT2D eigenvalue weighted by Crippen LogP contribution is 2.20. The van der Waals surface area contributed by atoms with Gasteiger partial charge in [0.1, 0.15) is 0 Å². The van der Waals surface area contributed by atoms with Crippen LogP contribution in [-0.4, -0.2) is 97.3 Å². The molecular weight excluding hydrogens is 636 g/mol. The van der Waals surface area contributed by atoms with Crippen molar-refractivity contribution in [1.29, 1.82) is 0 Å². The van der Waals surface area contributed by atoms with Gasteiger partial charge >= 0.3 is 0 Å². The third kappa shape index (κ3) is 11.6. The summed E-state index contributed by atoms with van der Waals surface area (Å²) in [5.74, 6) is 0.873. The van der Waals surface area contributed by atoms with Gasteiger partial charge in [0.15, 0.2) is 0 Å². The van der Waals surface area contributed by atoms with Gasteiger partial charge < -0.3 is 21.3 Å². The summed E-state index contributed by atoms with van der Waals surface area (Å²) in [7, 11) is 3.71. The Morgan fingerprint density at radius 3 is 1.48 bits per heavy atom.